The molecule has 0 rings (SSSR count). The number of hydrogen-bond donors (Lipinski definition) is 5. The van der Waals surface area contributed by atoms with Gasteiger partial charge in [-0.25, -0.2) is 9.59 Å². The zero-order chi connectivity index (χ0) is 41.0. The van der Waals surface area contributed by atoms with Crippen molar-refractivity contribution in [1.29, 1.82) is 0 Å². The Hall–Kier alpha value is -3.34. The second-order valence-electron chi connectivity index (χ2n) is 14.5. The first-order valence-corrected chi connectivity index (χ1v) is 20.1. The molecule has 0 aliphatic rings. The lowest BCUT2D eigenvalue weighted by atomic mass is 10.0. The number of carbonyl (C=O) groups excluding carboxylic acids is 4. The largest absolute Gasteiger partial charge is 0.481 e. The third kappa shape index (κ3) is 38.7. The molecule has 0 aromatic rings. The summed E-state index contributed by atoms with van der Waals surface area (Å²) in [6.07, 6.45) is 15.9. The number of ether oxygens (including phenoxy) is 5. The number of carboxylic acid groups (broad SMARTS) is 2. The number of unbranched alkanes of at least 4 members (excludes halogenated alkanes) is 13. The fourth-order valence-electron chi connectivity index (χ4n) is 5.28. The van der Waals surface area contributed by atoms with E-state index in [0.717, 1.165) is 44.9 Å². The third-order valence-corrected chi connectivity index (χ3v) is 8.07. The summed E-state index contributed by atoms with van der Waals surface area (Å²) in [7, 11) is 0. The molecule has 16 heteroatoms. The Morgan fingerprint density at radius 2 is 0.927 bits per heavy atom. The van der Waals surface area contributed by atoms with Gasteiger partial charge in [0.2, 0.25) is 17.7 Å². The highest BCUT2D eigenvalue weighted by molar-refractivity contribution is 5.85. The highest BCUT2D eigenvalue weighted by Crippen LogP contribution is 2.15. The Kier molecular flexibility index (Phi) is 33.0. The van der Waals surface area contributed by atoms with E-state index in [1.54, 1.807) is 20.8 Å². The fraction of sp³-hybridized carbons (Fsp3) is 0.846. The number of amides is 3. The Morgan fingerprint density at radius 3 is 1.40 bits per heavy atom. The molecule has 0 radical (unpaired) electrons. The zero-order valence-corrected chi connectivity index (χ0v) is 33.8. The van der Waals surface area contributed by atoms with E-state index in [1.807, 2.05) is 0 Å². The number of carboxylic acids is 2. The van der Waals surface area contributed by atoms with E-state index >= 15 is 0 Å². The van der Waals surface area contributed by atoms with Gasteiger partial charge in [-0.1, -0.05) is 77.0 Å². The van der Waals surface area contributed by atoms with E-state index in [-0.39, 0.29) is 103 Å². The first-order chi connectivity index (χ1) is 26.3. The molecule has 16 nitrogen and oxygen atoms in total. The second kappa shape index (κ2) is 35.1. The van der Waals surface area contributed by atoms with Crippen LogP contribution in [0.25, 0.3) is 0 Å². The molecule has 3 amide bonds. The van der Waals surface area contributed by atoms with Crippen LogP contribution < -0.4 is 16.0 Å². The number of carbonyl (C=O) groups is 6. The molecule has 5 N–H and O–H groups in total. The molecule has 0 aromatic carbocycles. The molecular weight excluding hydrogens is 718 g/mol. The number of esters is 1. The first-order valence-electron chi connectivity index (χ1n) is 20.1. The molecule has 320 valence electrons. The summed E-state index contributed by atoms with van der Waals surface area (Å²) in [5.41, 5.74) is -0.741. The van der Waals surface area contributed by atoms with Crippen molar-refractivity contribution in [3.8, 4) is 0 Å². The average Bonchev–Trinajstić information content (AvgIpc) is 3.11. The first kappa shape index (κ1) is 51.7. The lowest BCUT2D eigenvalue weighted by Crippen LogP contribution is -2.44. The molecular formula is C39H71N3O13. The molecule has 0 fully saturated rings. The van der Waals surface area contributed by atoms with E-state index < -0.39 is 29.6 Å². The van der Waals surface area contributed by atoms with Crippen molar-refractivity contribution >= 4 is 35.6 Å². The molecule has 0 saturated heterocycles. The van der Waals surface area contributed by atoms with Crippen molar-refractivity contribution in [3.05, 3.63) is 0 Å². The van der Waals surface area contributed by atoms with E-state index in [0.29, 0.717) is 6.42 Å². The van der Waals surface area contributed by atoms with Crippen LogP contribution in [0.5, 0.6) is 0 Å². The van der Waals surface area contributed by atoms with Gasteiger partial charge in [-0.2, -0.15) is 0 Å². The van der Waals surface area contributed by atoms with Gasteiger partial charge in [-0.15, -0.1) is 0 Å². The summed E-state index contributed by atoms with van der Waals surface area (Å²) in [4.78, 5) is 70.6. The molecule has 0 saturated carbocycles. The Morgan fingerprint density at radius 1 is 0.491 bits per heavy atom. The average molecular weight is 790 g/mol. The van der Waals surface area contributed by atoms with Gasteiger partial charge >= 0.3 is 17.9 Å². The monoisotopic (exact) mass is 789 g/mol. The van der Waals surface area contributed by atoms with E-state index in [9.17, 15) is 28.8 Å². The van der Waals surface area contributed by atoms with Gasteiger partial charge in [0.15, 0.2) is 0 Å². The number of rotatable bonds is 38. The highest BCUT2D eigenvalue weighted by atomic mass is 16.6. The lowest BCUT2D eigenvalue weighted by molar-refractivity contribution is -0.159. The molecule has 0 bridgehead atoms. The van der Waals surface area contributed by atoms with Crippen LogP contribution in [0.15, 0.2) is 0 Å². The van der Waals surface area contributed by atoms with Crippen molar-refractivity contribution < 1.29 is 62.7 Å². The van der Waals surface area contributed by atoms with Gasteiger partial charge < -0.3 is 49.8 Å². The van der Waals surface area contributed by atoms with Gasteiger partial charge in [0.25, 0.3) is 0 Å². The van der Waals surface area contributed by atoms with E-state index in [1.165, 1.54) is 44.9 Å². The smallest absolute Gasteiger partial charge is 0.329 e. The maximum Gasteiger partial charge on any atom is 0.329 e. The molecule has 0 aromatic heterocycles. The second-order valence-corrected chi connectivity index (χ2v) is 14.5. The van der Waals surface area contributed by atoms with Crippen LogP contribution in [0.1, 0.15) is 136 Å². The van der Waals surface area contributed by atoms with E-state index in [2.05, 4.69) is 16.0 Å². The van der Waals surface area contributed by atoms with E-state index in [4.69, 9.17) is 33.9 Å². The molecule has 55 heavy (non-hydrogen) atoms. The number of aliphatic carboxylic acids is 2. The molecule has 0 heterocycles. The minimum absolute atomic E-state index is 0.0144. The molecule has 0 unspecified atom stereocenters. The lowest BCUT2D eigenvalue weighted by Gasteiger charge is -2.24. The van der Waals surface area contributed by atoms with Gasteiger partial charge in [-0.3, -0.25) is 19.2 Å². The SMILES string of the molecule is CC(C)(C)OC(=O)[C@H](CCC(=O)NCCOCCOCC(=O)NCCOCCOCC(=O)O)NC(=O)CCCCCCCCCCCCCCCCC(=O)O. The summed E-state index contributed by atoms with van der Waals surface area (Å²) in [5, 5.41) is 25.2. The van der Waals surface area contributed by atoms with Crippen LogP contribution >= 0.6 is 0 Å². The minimum atomic E-state index is -1.05. The summed E-state index contributed by atoms with van der Waals surface area (Å²) < 4.78 is 26.2. The summed E-state index contributed by atoms with van der Waals surface area (Å²) in [6, 6.07) is -0.933. The van der Waals surface area contributed by atoms with Crippen LogP contribution in [-0.4, -0.2) is 123 Å². The Bertz CT molecular complexity index is 1050. The normalized spacial score (nSPS) is 11.8. The summed E-state index contributed by atoms with van der Waals surface area (Å²) in [5.74, 6) is -3.18. The van der Waals surface area contributed by atoms with Crippen molar-refractivity contribution in [2.45, 2.75) is 148 Å². The molecule has 1 atom stereocenters. The van der Waals surface area contributed by atoms with Crippen LogP contribution in [-0.2, 0) is 52.5 Å². The quantitative estimate of drug-likeness (QED) is 0.0435. The van der Waals surface area contributed by atoms with Gasteiger partial charge in [0, 0.05) is 32.4 Å². The Labute approximate surface area is 327 Å². The zero-order valence-electron chi connectivity index (χ0n) is 33.8. The van der Waals surface area contributed by atoms with Crippen molar-refractivity contribution in [1.82, 2.24) is 16.0 Å². The van der Waals surface area contributed by atoms with Crippen molar-refractivity contribution in [3.63, 3.8) is 0 Å². The van der Waals surface area contributed by atoms with Gasteiger partial charge in [-0.05, 0) is 40.0 Å². The van der Waals surface area contributed by atoms with Gasteiger partial charge in [0.05, 0.1) is 39.6 Å². The van der Waals surface area contributed by atoms with Crippen LogP contribution in [0.3, 0.4) is 0 Å². The topological polar surface area (TPSA) is 225 Å². The summed E-state index contributed by atoms with van der Waals surface area (Å²) in [6.45, 7) is 6.45. The molecule has 0 aliphatic heterocycles. The minimum Gasteiger partial charge on any atom is -0.481 e. The molecule has 0 spiro atoms. The fourth-order valence-corrected chi connectivity index (χ4v) is 5.28. The van der Waals surface area contributed by atoms with Crippen LogP contribution in [0.2, 0.25) is 0 Å². The number of hydrogen-bond acceptors (Lipinski definition) is 11. The van der Waals surface area contributed by atoms with Crippen LogP contribution in [0.4, 0.5) is 0 Å². The summed E-state index contributed by atoms with van der Waals surface area (Å²) >= 11 is 0. The predicted octanol–water partition coefficient (Wildman–Crippen LogP) is 4.30. The van der Waals surface area contributed by atoms with Crippen molar-refractivity contribution in [2.24, 2.45) is 0 Å². The number of nitrogens with one attached hydrogen (secondary N) is 3. The predicted molar refractivity (Wildman–Crippen MR) is 205 cm³/mol. The van der Waals surface area contributed by atoms with Gasteiger partial charge in [0.1, 0.15) is 24.9 Å². The Balaban J connectivity index is 4.02. The van der Waals surface area contributed by atoms with Crippen LogP contribution in [0, 0.1) is 0 Å². The maximum atomic E-state index is 12.8. The third-order valence-electron chi connectivity index (χ3n) is 8.07. The highest BCUT2D eigenvalue weighted by Gasteiger charge is 2.27. The van der Waals surface area contributed by atoms with Crippen molar-refractivity contribution in [2.75, 3.05) is 65.9 Å². The standard InChI is InChI=1S/C39H71N3O13/c1-39(2,3)55-38(50)32(42-34(44)18-16-14-12-10-8-6-4-5-7-9-11-13-15-17-19-36(46)47)20-21-33(43)40-22-24-51-26-28-53-30-35(45)41-23-25-52-27-29-54-31-37(48)49/h32H,4-31H2,1-3H3,(H,40,43)(H,41,45)(H,42,44)(H,46,47)(H,48,49)/t32-/m0/s1. The maximum absolute atomic E-state index is 12.8. The molecule has 0 aliphatic carbocycles.